The summed E-state index contributed by atoms with van der Waals surface area (Å²) in [6, 6.07) is 6.24. The van der Waals surface area contributed by atoms with Crippen LogP contribution in [0.15, 0.2) is 18.2 Å². The topological polar surface area (TPSA) is 20.2 Å². The van der Waals surface area contributed by atoms with Crippen LogP contribution in [0.3, 0.4) is 0 Å². The molecule has 1 N–H and O–H groups in total. The number of aliphatic hydroxyl groups is 1. The molecule has 1 aliphatic carbocycles. The Hall–Kier alpha value is -0.340. The van der Waals surface area contributed by atoms with Gasteiger partial charge in [-0.05, 0) is 46.8 Å². The van der Waals surface area contributed by atoms with E-state index in [1.165, 1.54) is 11.1 Å². The number of halogens is 1. The summed E-state index contributed by atoms with van der Waals surface area (Å²) in [5.41, 5.74) is 3.51. The van der Waals surface area contributed by atoms with Crippen molar-refractivity contribution in [3.8, 4) is 0 Å². The van der Waals surface area contributed by atoms with E-state index in [4.69, 9.17) is 0 Å². The van der Waals surface area contributed by atoms with E-state index in [-0.39, 0.29) is 0 Å². The molecule has 0 aliphatic heterocycles. The van der Waals surface area contributed by atoms with E-state index in [0.29, 0.717) is 0 Å². The zero-order valence-electron chi connectivity index (χ0n) is 6.97. The first-order valence-corrected chi connectivity index (χ1v) is 4.90. The van der Waals surface area contributed by atoms with E-state index < -0.39 is 4.51 Å². The molecule has 0 saturated carbocycles. The largest absolute Gasteiger partial charge is 0.375 e. The third kappa shape index (κ3) is 1.19. The van der Waals surface area contributed by atoms with Crippen LogP contribution in [0.1, 0.15) is 23.1 Å². The minimum absolute atomic E-state index is 0.769. The lowest BCUT2D eigenvalue weighted by Crippen LogP contribution is -2.11. The van der Waals surface area contributed by atoms with Crippen molar-refractivity contribution in [3.63, 3.8) is 0 Å². The highest BCUT2D eigenvalue weighted by atomic mass is 79.9. The molecule has 1 nitrogen and oxygen atoms in total. The normalized spacial score (nSPS) is 27.2. The number of fused-ring (bicyclic) bond motifs is 1. The lowest BCUT2D eigenvalue weighted by Gasteiger charge is -2.15. The van der Waals surface area contributed by atoms with Gasteiger partial charge in [0.25, 0.3) is 0 Å². The fraction of sp³-hybridized carbons (Fsp3) is 0.400. The maximum absolute atomic E-state index is 9.89. The molecule has 2 rings (SSSR count). The van der Waals surface area contributed by atoms with Gasteiger partial charge in [-0.3, -0.25) is 0 Å². The molecule has 0 spiro atoms. The van der Waals surface area contributed by atoms with Gasteiger partial charge in [0.05, 0.1) is 0 Å². The van der Waals surface area contributed by atoms with Gasteiger partial charge in [-0.1, -0.05) is 23.8 Å². The SMILES string of the molecule is Cc1ccc2c(c1)C(O)(Br)CC2. The van der Waals surface area contributed by atoms with Gasteiger partial charge in [0, 0.05) is 0 Å². The summed E-state index contributed by atoms with van der Waals surface area (Å²) in [6.07, 6.45) is 1.75. The summed E-state index contributed by atoms with van der Waals surface area (Å²) in [4.78, 5) is 0. The molecule has 0 fully saturated rings. The fourth-order valence-corrected chi connectivity index (χ4v) is 2.27. The van der Waals surface area contributed by atoms with Crippen LogP contribution in [0.25, 0.3) is 0 Å². The minimum Gasteiger partial charge on any atom is -0.375 e. The second kappa shape index (κ2) is 2.57. The molecule has 1 unspecified atom stereocenters. The number of hydrogen-bond acceptors (Lipinski definition) is 1. The Bertz CT molecular complexity index is 318. The molecular formula is C10H11BrO. The fourth-order valence-electron chi connectivity index (χ4n) is 1.70. The quantitative estimate of drug-likeness (QED) is 0.675. The number of alkyl halides is 1. The Morgan fingerprint density at radius 2 is 2.25 bits per heavy atom. The maximum Gasteiger partial charge on any atom is 0.145 e. The second-order valence-corrected chi connectivity index (χ2v) is 4.73. The predicted octanol–water partition coefficient (Wildman–Crippen LogP) is 2.48. The highest BCUT2D eigenvalue weighted by Gasteiger charge is 2.33. The minimum atomic E-state index is -0.769. The third-order valence-electron chi connectivity index (χ3n) is 2.40. The molecule has 2 heteroatoms. The maximum atomic E-state index is 9.89. The first-order valence-electron chi connectivity index (χ1n) is 4.11. The van der Waals surface area contributed by atoms with E-state index in [1.807, 2.05) is 6.92 Å². The van der Waals surface area contributed by atoms with Gasteiger partial charge in [0.1, 0.15) is 4.51 Å². The zero-order valence-corrected chi connectivity index (χ0v) is 8.56. The van der Waals surface area contributed by atoms with Crippen LogP contribution >= 0.6 is 15.9 Å². The molecule has 0 aromatic heterocycles. The van der Waals surface area contributed by atoms with Crippen molar-refractivity contribution in [3.05, 3.63) is 34.9 Å². The van der Waals surface area contributed by atoms with Crippen molar-refractivity contribution in [2.24, 2.45) is 0 Å². The van der Waals surface area contributed by atoms with Gasteiger partial charge < -0.3 is 5.11 Å². The van der Waals surface area contributed by atoms with Crippen LogP contribution in [0.2, 0.25) is 0 Å². The molecule has 0 amide bonds. The highest BCUT2D eigenvalue weighted by Crippen LogP contribution is 2.41. The van der Waals surface area contributed by atoms with Crippen molar-refractivity contribution < 1.29 is 5.11 Å². The molecule has 0 saturated heterocycles. The summed E-state index contributed by atoms with van der Waals surface area (Å²) in [6.45, 7) is 2.04. The van der Waals surface area contributed by atoms with Crippen molar-refractivity contribution in [2.75, 3.05) is 0 Å². The van der Waals surface area contributed by atoms with E-state index >= 15 is 0 Å². The lowest BCUT2D eigenvalue weighted by atomic mass is 10.1. The summed E-state index contributed by atoms with van der Waals surface area (Å²) >= 11 is 3.33. The van der Waals surface area contributed by atoms with Gasteiger partial charge in [-0.25, -0.2) is 0 Å². The Balaban J connectivity index is 2.57. The molecule has 12 heavy (non-hydrogen) atoms. The smallest absolute Gasteiger partial charge is 0.145 e. The first kappa shape index (κ1) is 8.27. The average Bonchev–Trinajstić information content (AvgIpc) is 2.28. The summed E-state index contributed by atoms with van der Waals surface area (Å²) in [5.74, 6) is 0. The summed E-state index contributed by atoms with van der Waals surface area (Å²) in [7, 11) is 0. The molecule has 1 aromatic rings. The Kier molecular flexibility index (Phi) is 1.77. The van der Waals surface area contributed by atoms with Crippen molar-refractivity contribution in [2.45, 2.75) is 24.3 Å². The van der Waals surface area contributed by atoms with Crippen LogP contribution in [-0.4, -0.2) is 5.11 Å². The zero-order chi connectivity index (χ0) is 8.77. The molecular weight excluding hydrogens is 216 g/mol. The van der Waals surface area contributed by atoms with Crippen LogP contribution in [0.4, 0.5) is 0 Å². The van der Waals surface area contributed by atoms with Crippen LogP contribution < -0.4 is 0 Å². The van der Waals surface area contributed by atoms with Crippen LogP contribution in [0.5, 0.6) is 0 Å². The van der Waals surface area contributed by atoms with E-state index in [0.717, 1.165) is 18.4 Å². The van der Waals surface area contributed by atoms with Crippen LogP contribution in [-0.2, 0) is 10.9 Å². The molecule has 64 valence electrons. The Labute approximate surface area is 80.5 Å². The van der Waals surface area contributed by atoms with Crippen molar-refractivity contribution in [1.29, 1.82) is 0 Å². The number of aryl methyl sites for hydroxylation is 2. The van der Waals surface area contributed by atoms with E-state index in [9.17, 15) is 5.11 Å². The Morgan fingerprint density at radius 3 is 3.00 bits per heavy atom. The molecule has 1 aromatic carbocycles. The molecule has 0 radical (unpaired) electrons. The molecule has 1 aliphatic rings. The monoisotopic (exact) mass is 226 g/mol. The van der Waals surface area contributed by atoms with Gasteiger partial charge >= 0.3 is 0 Å². The average molecular weight is 227 g/mol. The third-order valence-corrected chi connectivity index (χ3v) is 3.23. The Morgan fingerprint density at radius 1 is 1.50 bits per heavy atom. The molecule has 0 heterocycles. The molecule has 0 bridgehead atoms. The van der Waals surface area contributed by atoms with Gasteiger partial charge in [0.2, 0.25) is 0 Å². The van der Waals surface area contributed by atoms with Crippen molar-refractivity contribution >= 4 is 15.9 Å². The number of hydrogen-bond donors (Lipinski definition) is 1. The first-order chi connectivity index (χ1) is 5.59. The van der Waals surface area contributed by atoms with Crippen molar-refractivity contribution in [1.82, 2.24) is 0 Å². The van der Waals surface area contributed by atoms with E-state index in [1.54, 1.807) is 0 Å². The lowest BCUT2D eigenvalue weighted by molar-refractivity contribution is 0.148. The number of rotatable bonds is 0. The molecule has 1 atom stereocenters. The van der Waals surface area contributed by atoms with E-state index in [2.05, 4.69) is 34.1 Å². The highest BCUT2D eigenvalue weighted by molar-refractivity contribution is 9.09. The second-order valence-electron chi connectivity index (χ2n) is 3.42. The summed E-state index contributed by atoms with van der Waals surface area (Å²) in [5, 5.41) is 9.89. The predicted molar refractivity (Wildman–Crippen MR) is 52.3 cm³/mol. The standard InChI is InChI=1S/C10H11BrO/c1-7-2-3-8-4-5-10(11,12)9(8)6-7/h2-3,6,12H,4-5H2,1H3. The van der Waals surface area contributed by atoms with Gasteiger partial charge in [0.15, 0.2) is 0 Å². The number of benzene rings is 1. The van der Waals surface area contributed by atoms with Gasteiger partial charge in [-0.15, -0.1) is 0 Å². The van der Waals surface area contributed by atoms with Gasteiger partial charge in [-0.2, -0.15) is 0 Å². The van der Waals surface area contributed by atoms with Crippen LogP contribution in [0, 0.1) is 6.92 Å². The summed E-state index contributed by atoms with van der Waals surface area (Å²) < 4.78 is -0.769.